The van der Waals surface area contributed by atoms with Gasteiger partial charge in [0.1, 0.15) is 12.3 Å². The molecule has 0 saturated carbocycles. The highest BCUT2D eigenvalue weighted by Gasteiger charge is 2.30. The van der Waals surface area contributed by atoms with Gasteiger partial charge in [-0.15, -0.1) is 0 Å². The molecule has 1 aromatic heterocycles. The van der Waals surface area contributed by atoms with Gasteiger partial charge >= 0.3 is 0 Å². The normalized spacial score (nSPS) is 16.1. The molecule has 0 bridgehead atoms. The number of ether oxygens (including phenoxy) is 2. The molecule has 1 saturated heterocycles. The average Bonchev–Trinajstić information content (AvgIpc) is 3.27. The molecule has 0 spiro atoms. The zero-order chi connectivity index (χ0) is 27.4. The summed E-state index contributed by atoms with van der Waals surface area (Å²) in [5, 5.41) is 16.4. The van der Waals surface area contributed by atoms with Crippen molar-refractivity contribution in [2.75, 3.05) is 38.8 Å². The third-order valence-electron chi connectivity index (χ3n) is 6.91. The van der Waals surface area contributed by atoms with Gasteiger partial charge < -0.3 is 30.1 Å². The summed E-state index contributed by atoms with van der Waals surface area (Å²) in [6.45, 7) is 1.26. The summed E-state index contributed by atoms with van der Waals surface area (Å²) >= 11 is 6.44. The van der Waals surface area contributed by atoms with Crippen molar-refractivity contribution >= 4 is 29.4 Å². The molecular weight excluding hydrogens is 522 g/mol. The molecule has 3 heterocycles. The fourth-order valence-corrected chi connectivity index (χ4v) is 5.01. The van der Waals surface area contributed by atoms with E-state index in [1.165, 1.54) is 4.90 Å². The summed E-state index contributed by atoms with van der Waals surface area (Å²) in [5.41, 5.74) is 3.23. The van der Waals surface area contributed by atoms with Gasteiger partial charge in [-0.2, -0.15) is 0 Å². The molecule has 1 unspecified atom stereocenters. The standard InChI is InChI=1S/C28H30ClN5O5/c1-38-21-4-2-3-17(11-21)24(16-35)32-25(36)15-34-14-19-6-5-18(12-22(19)27(34)37)26-23(29)13-30-28(33-26)31-20-7-9-39-10-8-20/h2-6,11-13,20,24,35H,7-10,14-16H2,1H3,(H,32,36)(H,30,31,33). The highest BCUT2D eigenvalue weighted by atomic mass is 35.5. The Morgan fingerprint density at radius 1 is 1.26 bits per heavy atom. The summed E-state index contributed by atoms with van der Waals surface area (Å²) in [6, 6.07) is 12.2. The van der Waals surface area contributed by atoms with E-state index in [9.17, 15) is 14.7 Å². The predicted octanol–water partition coefficient (Wildman–Crippen LogP) is 3.20. The SMILES string of the molecule is COc1cccc(C(CO)NC(=O)CN2Cc3ccc(-c4nc(NC5CCOCC5)ncc4Cl)cc3C2=O)c1. The van der Waals surface area contributed by atoms with Crippen LogP contribution in [0.5, 0.6) is 5.75 Å². The number of halogens is 1. The Hall–Kier alpha value is -3.73. The van der Waals surface area contributed by atoms with Crippen molar-refractivity contribution in [3.8, 4) is 17.0 Å². The average molecular weight is 552 g/mol. The Balaban J connectivity index is 1.27. The number of rotatable bonds is 9. The summed E-state index contributed by atoms with van der Waals surface area (Å²) < 4.78 is 10.6. The second-order valence-corrected chi connectivity index (χ2v) is 9.94. The number of amides is 2. The Morgan fingerprint density at radius 2 is 2.08 bits per heavy atom. The number of nitrogens with one attached hydrogen (secondary N) is 2. The van der Waals surface area contributed by atoms with Crippen LogP contribution in [-0.4, -0.2) is 71.3 Å². The largest absolute Gasteiger partial charge is 0.497 e. The van der Waals surface area contributed by atoms with Gasteiger partial charge in [0.25, 0.3) is 5.91 Å². The maximum Gasteiger partial charge on any atom is 0.254 e. The third kappa shape index (κ3) is 6.13. The van der Waals surface area contributed by atoms with Crippen LogP contribution < -0.4 is 15.4 Å². The number of hydrogen-bond acceptors (Lipinski definition) is 8. The van der Waals surface area contributed by atoms with E-state index in [4.69, 9.17) is 21.1 Å². The highest BCUT2D eigenvalue weighted by Crippen LogP contribution is 2.32. The smallest absolute Gasteiger partial charge is 0.254 e. The minimum Gasteiger partial charge on any atom is -0.497 e. The van der Waals surface area contributed by atoms with Gasteiger partial charge in [0.05, 0.1) is 36.7 Å². The number of hydrogen-bond donors (Lipinski definition) is 3. The van der Waals surface area contributed by atoms with Crippen molar-refractivity contribution in [1.82, 2.24) is 20.2 Å². The molecule has 0 aliphatic carbocycles. The minimum atomic E-state index is -0.622. The topological polar surface area (TPSA) is 126 Å². The van der Waals surface area contributed by atoms with Gasteiger partial charge in [0.15, 0.2) is 0 Å². The molecule has 3 N–H and O–H groups in total. The van der Waals surface area contributed by atoms with E-state index < -0.39 is 6.04 Å². The van der Waals surface area contributed by atoms with Gasteiger partial charge in [0, 0.05) is 36.9 Å². The lowest BCUT2D eigenvalue weighted by Crippen LogP contribution is -2.40. The number of aliphatic hydroxyl groups excluding tert-OH is 1. The number of aliphatic hydroxyl groups is 1. The van der Waals surface area contributed by atoms with E-state index in [1.54, 1.807) is 43.6 Å². The van der Waals surface area contributed by atoms with Crippen LogP contribution in [0.15, 0.2) is 48.7 Å². The molecule has 2 aliphatic rings. The van der Waals surface area contributed by atoms with Crippen molar-refractivity contribution < 1.29 is 24.2 Å². The van der Waals surface area contributed by atoms with E-state index in [1.807, 2.05) is 12.1 Å². The monoisotopic (exact) mass is 551 g/mol. The van der Waals surface area contributed by atoms with E-state index >= 15 is 0 Å². The molecule has 1 atom stereocenters. The zero-order valence-electron chi connectivity index (χ0n) is 21.5. The number of nitrogens with zero attached hydrogens (tertiary/aromatic N) is 3. The van der Waals surface area contributed by atoms with Crippen LogP contribution in [-0.2, 0) is 16.1 Å². The van der Waals surface area contributed by atoms with Crippen LogP contribution in [0.3, 0.4) is 0 Å². The number of carbonyl (C=O) groups excluding carboxylic acids is 2. The van der Waals surface area contributed by atoms with Crippen molar-refractivity contribution in [3.63, 3.8) is 0 Å². The molecule has 3 aromatic rings. The molecular formula is C28H30ClN5O5. The van der Waals surface area contributed by atoms with Crippen molar-refractivity contribution in [2.45, 2.75) is 31.5 Å². The summed E-state index contributed by atoms with van der Waals surface area (Å²) in [6.07, 6.45) is 3.30. The molecule has 204 valence electrons. The molecule has 0 radical (unpaired) electrons. The van der Waals surface area contributed by atoms with Crippen molar-refractivity contribution in [3.05, 3.63) is 70.4 Å². The van der Waals surface area contributed by atoms with Crippen LogP contribution in [0.4, 0.5) is 5.95 Å². The molecule has 2 amide bonds. The Kier molecular flexibility index (Phi) is 8.25. The lowest BCUT2D eigenvalue weighted by Gasteiger charge is -2.23. The van der Waals surface area contributed by atoms with Gasteiger partial charge in [-0.3, -0.25) is 9.59 Å². The van der Waals surface area contributed by atoms with Crippen LogP contribution in [0.25, 0.3) is 11.3 Å². The quantitative estimate of drug-likeness (QED) is 0.370. The number of anilines is 1. The first-order valence-electron chi connectivity index (χ1n) is 12.8. The van der Waals surface area contributed by atoms with Gasteiger partial charge in [-0.05, 0) is 42.2 Å². The number of benzene rings is 2. The maximum atomic E-state index is 13.2. The predicted molar refractivity (Wildman–Crippen MR) is 146 cm³/mol. The van der Waals surface area contributed by atoms with Crippen molar-refractivity contribution in [2.24, 2.45) is 0 Å². The Morgan fingerprint density at radius 3 is 2.85 bits per heavy atom. The second kappa shape index (κ2) is 12.0. The lowest BCUT2D eigenvalue weighted by atomic mass is 10.0. The third-order valence-corrected chi connectivity index (χ3v) is 7.19. The zero-order valence-corrected chi connectivity index (χ0v) is 22.3. The first-order chi connectivity index (χ1) is 18.9. The summed E-state index contributed by atoms with van der Waals surface area (Å²) in [5.74, 6) is 0.466. The van der Waals surface area contributed by atoms with Crippen LogP contribution in [0, 0.1) is 0 Å². The summed E-state index contributed by atoms with van der Waals surface area (Å²) in [4.78, 5) is 36.5. The first kappa shape index (κ1) is 26.9. The fourth-order valence-electron chi connectivity index (χ4n) is 4.81. The molecule has 2 aliphatic heterocycles. The molecule has 5 rings (SSSR count). The number of methoxy groups -OCH3 is 1. The van der Waals surface area contributed by atoms with Crippen LogP contribution in [0.2, 0.25) is 5.02 Å². The van der Waals surface area contributed by atoms with Crippen molar-refractivity contribution in [1.29, 1.82) is 0 Å². The second-order valence-electron chi connectivity index (χ2n) is 9.53. The van der Waals surface area contributed by atoms with Gasteiger partial charge in [-0.25, -0.2) is 9.97 Å². The number of carbonyl (C=O) groups is 2. The minimum absolute atomic E-state index is 0.142. The Bertz CT molecular complexity index is 1360. The molecule has 11 heteroatoms. The number of fused-ring (bicyclic) bond motifs is 1. The fraction of sp³-hybridized carbons (Fsp3) is 0.357. The molecule has 39 heavy (non-hydrogen) atoms. The van der Waals surface area contributed by atoms with Crippen LogP contribution in [0.1, 0.15) is 40.4 Å². The number of aromatic nitrogens is 2. The van der Waals surface area contributed by atoms with E-state index in [-0.39, 0.29) is 31.0 Å². The van der Waals surface area contributed by atoms with Gasteiger partial charge in [0.2, 0.25) is 11.9 Å². The molecule has 10 nitrogen and oxygen atoms in total. The van der Waals surface area contributed by atoms with Crippen LogP contribution >= 0.6 is 11.6 Å². The highest BCUT2D eigenvalue weighted by molar-refractivity contribution is 6.33. The van der Waals surface area contributed by atoms with E-state index in [0.29, 0.717) is 58.9 Å². The Labute approximate surface area is 231 Å². The van der Waals surface area contributed by atoms with E-state index in [2.05, 4.69) is 20.6 Å². The van der Waals surface area contributed by atoms with E-state index in [0.717, 1.165) is 18.4 Å². The first-order valence-corrected chi connectivity index (χ1v) is 13.2. The maximum absolute atomic E-state index is 13.2. The van der Waals surface area contributed by atoms with Gasteiger partial charge in [-0.1, -0.05) is 35.9 Å². The lowest BCUT2D eigenvalue weighted by molar-refractivity contribution is -0.122. The molecule has 2 aromatic carbocycles. The molecule has 1 fully saturated rings. The summed E-state index contributed by atoms with van der Waals surface area (Å²) in [7, 11) is 1.55.